The number of aromatic amines is 1. The Hall–Kier alpha value is -2.70. The molecule has 150 valence electrons. The number of hydrogen-bond acceptors (Lipinski definition) is 4. The highest BCUT2D eigenvalue weighted by Crippen LogP contribution is 2.29. The molecule has 2 N–H and O–H groups in total. The predicted octanol–water partition coefficient (Wildman–Crippen LogP) is 3.52. The summed E-state index contributed by atoms with van der Waals surface area (Å²) in [6.45, 7) is 5.11. The Morgan fingerprint density at radius 1 is 1.07 bits per heavy atom. The molecule has 5 rings (SSSR count). The van der Waals surface area contributed by atoms with E-state index in [2.05, 4.69) is 38.3 Å². The first kappa shape index (κ1) is 18.3. The molecule has 2 aliphatic rings. The molecule has 1 amide bonds. The Morgan fingerprint density at radius 2 is 1.93 bits per heavy atom. The van der Waals surface area contributed by atoms with Gasteiger partial charge in [0.1, 0.15) is 11.6 Å². The monoisotopic (exact) mass is 410 g/mol. The minimum Gasteiger partial charge on any atom is -0.482 e. The van der Waals surface area contributed by atoms with Crippen molar-refractivity contribution in [3.63, 3.8) is 0 Å². The summed E-state index contributed by atoms with van der Waals surface area (Å²) in [5.74, 6) is 1.79. The van der Waals surface area contributed by atoms with Gasteiger partial charge < -0.3 is 19.9 Å². The molecule has 3 aromatic rings. The van der Waals surface area contributed by atoms with Crippen molar-refractivity contribution in [1.82, 2.24) is 9.88 Å². The van der Waals surface area contributed by atoms with E-state index in [4.69, 9.17) is 16.3 Å². The van der Waals surface area contributed by atoms with Crippen molar-refractivity contribution in [2.75, 3.05) is 49.5 Å². The van der Waals surface area contributed by atoms with Crippen LogP contribution in [0, 0.1) is 0 Å². The molecule has 0 atom stereocenters. The number of halogens is 1. The van der Waals surface area contributed by atoms with Crippen LogP contribution in [-0.4, -0.2) is 55.1 Å². The van der Waals surface area contributed by atoms with Gasteiger partial charge in [-0.1, -0.05) is 29.8 Å². The Bertz CT molecular complexity index is 1060. The van der Waals surface area contributed by atoms with Gasteiger partial charge in [0, 0.05) is 38.1 Å². The average molecular weight is 411 g/mol. The molecule has 29 heavy (non-hydrogen) atoms. The molecule has 0 radical (unpaired) electrons. The molecule has 2 aliphatic heterocycles. The van der Waals surface area contributed by atoms with Gasteiger partial charge in [-0.3, -0.25) is 9.69 Å². The van der Waals surface area contributed by atoms with Crippen molar-refractivity contribution < 1.29 is 9.53 Å². The van der Waals surface area contributed by atoms with E-state index in [1.807, 2.05) is 24.3 Å². The Balaban J connectivity index is 1.17. The van der Waals surface area contributed by atoms with Gasteiger partial charge in [-0.15, -0.1) is 0 Å². The standard InChI is InChI=1S/C22H23ClN4O2/c23-17-3-1-2-16-13-20(25-22(16)17)27-10-8-26(9-11-27)7-6-15-4-5-19-18(12-15)24-21(28)14-29-19/h1-5,12-13,25H,6-11,14H2,(H,24,28). The zero-order chi connectivity index (χ0) is 19.8. The van der Waals surface area contributed by atoms with E-state index < -0.39 is 0 Å². The van der Waals surface area contributed by atoms with E-state index in [0.717, 1.165) is 72.3 Å². The highest BCUT2D eigenvalue weighted by molar-refractivity contribution is 6.35. The number of carbonyl (C=O) groups is 1. The lowest BCUT2D eigenvalue weighted by molar-refractivity contribution is -0.118. The second-order valence-electron chi connectivity index (χ2n) is 7.60. The molecule has 1 fully saturated rings. The number of nitrogens with zero attached hydrogens (tertiary/aromatic N) is 2. The van der Waals surface area contributed by atoms with Crippen molar-refractivity contribution in [2.24, 2.45) is 0 Å². The number of fused-ring (bicyclic) bond motifs is 2. The second kappa shape index (κ2) is 7.61. The largest absolute Gasteiger partial charge is 0.482 e. The molecule has 1 aromatic heterocycles. The van der Waals surface area contributed by atoms with Crippen LogP contribution in [0.1, 0.15) is 5.56 Å². The molecule has 7 heteroatoms. The van der Waals surface area contributed by atoms with Gasteiger partial charge in [-0.25, -0.2) is 0 Å². The Labute approximate surface area is 174 Å². The molecule has 3 heterocycles. The summed E-state index contributed by atoms with van der Waals surface area (Å²) >= 11 is 6.30. The van der Waals surface area contributed by atoms with Crippen LogP contribution >= 0.6 is 11.6 Å². The number of anilines is 2. The summed E-state index contributed by atoms with van der Waals surface area (Å²) in [5, 5.41) is 4.79. The number of aromatic nitrogens is 1. The molecule has 1 saturated heterocycles. The van der Waals surface area contributed by atoms with E-state index in [-0.39, 0.29) is 12.5 Å². The van der Waals surface area contributed by atoms with Crippen LogP contribution in [-0.2, 0) is 11.2 Å². The van der Waals surface area contributed by atoms with Gasteiger partial charge in [-0.2, -0.15) is 0 Å². The number of hydrogen-bond donors (Lipinski definition) is 2. The molecular formula is C22H23ClN4O2. The maximum Gasteiger partial charge on any atom is 0.262 e. The van der Waals surface area contributed by atoms with Gasteiger partial charge in [0.25, 0.3) is 5.91 Å². The van der Waals surface area contributed by atoms with Crippen molar-refractivity contribution in [3.05, 3.63) is 53.1 Å². The summed E-state index contributed by atoms with van der Waals surface area (Å²) < 4.78 is 5.43. The highest BCUT2D eigenvalue weighted by atomic mass is 35.5. The molecule has 0 bridgehead atoms. The summed E-state index contributed by atoms with van der Waals surface area (Å²) in [7, 11) is 0. The fourth-order valence-corrected chi connectivity index (χ4v) is 4.29. The fourth-order valence-electron chi connectivity index (χ4n) is 4.06. The minimum atomic E-state index is -0.0935. The molecule has 0 saturated carbocycles. The number of amides is 1. The summed E-state index contributed by atoms with van der Waals surface area (Å²) in [5.41, 5.74) is 3.00. The Morgan fingerprint density at radius 3 is 2.76 bits per heavy atom. The van der Waals surface area contributed by atoms with Crippen LogP contribution in [0.4, 0.5) is 11.5 Å². The molecule has 0 spiro atoms. The third kappa shape index (κ3) is 3.78. The lowest BCUT2D eigenvalue weighted by Gasteiger charge is -2.35. The third-order valence-electron chi connectivity index (χ3n) is 5.70. The van der Waals surface area contributed by atoms with Gasteiger partial charge in [0.05, 0.1) is 16.2 Å². The maximum atomic E-state index is 11.5. The normalized spacial score (nSPS) is 17.1. The maximum absolute atomic E-state index is 11.5. The van der Waals surface area contributed by atoms with Gasteiger partial charge in [0.15, 0.2) is 6.61 Å². The minimum absolute atomic E-state index is 0.0935. The number of ether oxygens (including phenoxy) is 1. The average Bonchev–Trinajstić information content (AvgIpc) is 3.18. The van der Waals surface area contributed by atoms with Gasteiger partial charge in [-0.05, 0) is 36.2 Å². The number of benzene rings is 2. The SMILES string of the molecule is O=C1COc2ccc(CCN3CCN(c4cc5cccc(Cl)c5[nH]4)CC3)cc2N1. The first-order chi connectivity index (χ1) is 14.2. The van der Waals surface area contributed by atoms with E-state index in [0.29, 0.717) is 0 Å². The van der Waals surface area contributed by atoms with Crippen LogP contribution in [0.15, 0.2) is 42.5 Å². The topological polar surface area (TPSA) is 60.6 Å². The first-order valence-corrected chi connectivity index (χ1v) is 10.3. The number of rotatable bonds is 4. The molecule has 6 nitrogen and oxygen atoms in total. The summed E-state index contributed by atoms with van der Waals surface area (Å²) in [6, 6.07) is 14.2. The zero-order valence-electron chi connectivity index (χ0n) is 16.1. The van der Waals surface area contributed by atoms with Crippen LogP contribution < -0.4 is 15.0 Å². The van der Waals surface area contributed by atoms with Crippen molar-refractivity contribution in [1.29, 1.82) is 0 Å². The number of carbonyl (C=O) groups excluding carboxylic acids is 1. The number of nitrogens with one attached hydrogen (secondary N) is 2. The molecule has 0 aliphatic carbocycles. The number of piperazine rings is 1. The van der Waals surface area contributed by atoms with E-state index >= 15 is 0 Å². The lowest BCUT2D eigenvalue weighted by atomic mass is 10.1. The Kier molecular flexibility index (Phi) is 4.81. The van der Waals surface area contributed by atoms with Crippen LogP contribution in [0.25, 0.3) is 10.9 Å². The fraction of sp³-hybridized carbons (Fsp3) is 0.318. The highest BCUT2D eigenvalue weighted by Gasteiger charge is 2.20. The van der Waals surface area contributed by atoms with Crippen molar-refractivity contribution >= 4 is 39.9 Å². The van der Waals surface area contributed by atoms with Crippen molar-refractivity contribution in [2.45, 2.75) is 6.42 Å². The first-order valence-electron chi connectivity index (χ1n) is 9.96. The second-order valence-corrected chi connectivity index (χ2v) is 8.01. The molecular weight excluding hydrogens is 388 g/mol. The summed E-state index contributed by atoms with van der Waals surface area (Å²) in [6.07, 6.45) is 0.950. The third-order valence-corrected chi connectivity index (χ3v) is 6.01. The lowest BCUT2D eigenvalue weighted by Crippen LogP contribution is -2.47. The quantitative estimate of drug-likeness (QED) is 0.691. The molecule has 0 unspecified atom stereocenters. The number of H-pyrrole nitrogens is 1. The van der Waals surface area contributed by atoms with E-state index in [9.17, 15) is 4.79 Å². The van der Waals surface area contributed by atoms with Crippen LogP contribution in [0.3, 0.4) is 0 Å². The zero-order valence-corrected chi connectivity index (χ0v) is 16.8. The summed E-state index contributed by atoms with van der Waals surface area (Å²) in [4.78, 5) is 19.8. The van der Waals surface area contributed by atoms with E-state index in [1.54, 1.807) is 0 Å². The van der Waals surface area contributed by atoms with Gasteiger partial charge in [0.2, 0.25) is 0 Å². The van der Waals surface area contributed by atoms with Crippen LogP contribution in [0.2, 0.25) is 5.02 Å². The van der Waals surface area contributed by atoms with Crippen molar-refractivity contribution in [3.8, 4) is 5.75 Å². The number of para-hydroxylation sites is 1. The van der Waals surface area contributed by atoms with Gasteiger partial charge >= 0.3 is 0 Å². The van der Waals surface area contributed by atoms with E-state index in [1.165, 1.54) is 5.56 Å². The predicted molar refractivity (Wildman–Crippen MR) is 116 cm³/mol. The molecule has 2 aromatic carbocycles. The van der Waals surface area contributed by atoms with Crippen LogP contribution in [0.5, 0.6) is 5.75 Å². The smallest absolute Gasteiger partial charge is 0.262 e.